The molecule has 0 aromatic heterocycles. The van der Waals surface area contributed by atoms with Crippen LogP contribution < -0.4 is 10.1 Å². The Balaban J connectivity index is 2.01. The van der Waals surface area contributed by atoms with Crippen molar-refractivity contribution in [3.8, 4) is 5.75 Å². The summed E-state index contributed by atoms with van der Waals surface area (Å²) in [5.74, 6) is 0.463. The average molecular weight is 318 g/mol. The molecule has 0 aliphatic heterocycles. The van der Waals surface area contributed by atoms with Crippen molar-refractivity contribution in [2.45, 2.75) is 26.7 Å². The van der Waals surface area contributed by atoms with Gasteiger partial charge >= 0.3 is 0 Å². The Kier molecular flexibility index (Phi) is 5.84. The monoisotopic (exact) mass is 317 g/mol. The van der Waals surface area contributed by atoms with E-state index in [4.69, 9.17) is 16.3 Å². The minimum Gasteiger partial charge on any atom is -0.484 e. The van der Waals surface area contributed by atoms with Crippen molar-refractivity contribution < 1.29 is 9.53 Å². The lowest BCUT2D eigenvalue weighted by Gasteiger charge is -2.14. The number of aryl methyl sites for hydroxylation is 2. The highest BCUT2D eigenvalue weighted by Crippen LogP contribution is 2.22. The predicted molar refractivity (Wildman–Crippen MR) is 90.8 cm³/mol. The van der Waals surface area contributed by atoms with E-state index in [0.29, 0.717) is 10.8 Å². The van der Waals surface area contributed by atoms with E-state index in [-0.39, 0.29) is 12.5 Å². The Morgan fingerprint density at radius 3 is 2.18 bits per heavy atom. The van der Waals surface area contributed by atoms with Crippen molar-refractivity contribution >= 4 is 23.2 Å². The first-order valence-electron chi connectivity index (χ1n) is 7.43. The van der Waals surface area contributed by atoms with Gasteiger partial charge in [-0.2, -0.15) is 0 Å². The fourth-order valence-corrected chi connectivity index (χ4v) is 2.38. The highest BCUT2D eigenvalue weighted by Gasteiger charge is 2.10. The molecule has 2 rings (SSSR count). The van der Waals surface area contributed by atoms with E-state index in [1.165, 1.54) is 0 Å². The quantitative estimate of drug-likeness (QED) is 0.853. The van der Waals surface area contributed by atoms with Gasteiger partial charge in [0.1, 0.15) is 5.75 Å². The highest BCUT2D eigenvalue weighted by atomic mass is 35.5. The minimum atomic E-state index is -0.162. The van der Waals surface area contributed by atoms with Crippen LogP contribution in [0, 0.1) is 0 Å². The first-order valence-corrected chi connectivity index (χ1v) is 7.80. The molecule has 0 heterocycles. The molecule has 22 heavy (non-hydrogen) atoms. The Hall–Kier alpha value is -2.00. The second-order valence-corrected chi connectivity index (χ2v) is 5.39. The molecule has 2 aromatic carbocycles. The number of hydrogen-bond acceptors (Lipinski definition) is 2. The number of benzene rings is 2. The van der Waals surface area contributed by atoms with Gasteiger partial charge in [0, 0.05) is 10.7 Å². The number of amides is 1. The van der Waals surface area contributed by atoms with Crippen LogP contribution in [-0.4, -0.2) is 12.5 Å². The first kappa shape index (κ1) is 16.4. The highest BCUT2D eigenvalue weighted by molar-refractivity contribution is 6.30. The summed E-state index contributed by atoms with van der Waals surface area (Å²) in [6.07, 6.45) is 1.75. The van der Waals surface area contributed by atoms with Crippen molar-refractivity contribution in [1.29, 1.82) is 0 Å². The standard InChI is InChI=1S/C18H20ClNO2/c1-3-13-6-5-7-14(4-2)18(13)20-17(21)12-22-16-10-8-15(19)9-11-16/h5-11H,3-4,12H2,1-2H3,(H,20,21). The molecule has 0 aliphatic carbocycles. The normalized spacial score (nSPS) is 10.3. The van der Waals surface area contributed by atoms with E-state index < -0.39 is 0 Å². The molecule has 0 spiro atoms. The molecular formula is C18H20ClNO2. The first-order chi connectivity index (χ1) is 10.6. The number of halogens is 1. The van der Waals surface area contributed by atoms with Gasteiger partial charge in [0.15, 0.2) is 6.61 Å². The van der Waals surface area contributed by atoms with Gasteiger partial charge in [-0.05, 0) is 48.2 Å². The summed E-state index contributed by atoms with van der Waals surface area (Å²) in [7, 11) is 0. The second-order valence-electron chi connectivity index (χ2n) is 4.95. The number of anilines is 1. The molecule has 0 saturated carbocycles. The number of hydrogen-bond donors (Lipinski definition) is 1. The van der Waals surface area contributed by atoms with E-state index in [9.17, 15) is 4.79 Å². The number of para-hydroxylation sites is 1. The third-order valence-corrected chi connectivity index (χ3v) is 3.70. The van der Waals surface area contributed by atoms with Gasteiger partial charge in [0.05, 0.1) is 0 Å². The lowest BCUT2D eigenvalue weighted by Crippen LogP contribution is -2.21. The average Bonchev–Trinajstić information content (AvgIpc) is 2.54. The summed E-state index contributed by atoms with van der Waals surface area (Å²) >= 11 is 5.81. The van der Waals surface area contributed by atoms with E-state index in [1.54, 1.807) is 24.3 Å². The summed E-state index contributed by atoms with van der Waals surface area (Å²) in [4.78, 5) is 12.1. The lowest BCUT2D eigenvalue weighted by molar-refractivity contribution is -0.118. The van der Waals surface area contributed by atoms with Crippen LogP contribution in [0.3, 0.4) is 0 Å². The van der Waals surface area contributed by atoms with E-state index in [1.807, 2.05) is 18.2 Å². The van der Waals surface area contributed by atoms with Crippen molar-refractivity contribution in [3.63, 3.8) is 0 Å². The van der Waals surface area contributed by atoms with Crippen LogP contribution in [0.25, 0.3) is 0 Å². The molecule has 0 aliphatic rings. The van der Waals surface area contributed by atoms with Gasteiger partial charge in [-0.3, -0.25) is 4.79 Å². The van der Waals surface area contributed by atoms with E-state index in [2.05, 4.69) is 19.2 Å². The van der Waals surface area contributed by atoms with Crippen molar-refractivity contribution in [1.82, 2.24) is 0 Å². The fourth-order valence-electron chi connectivity index (χ4n) is 2.26. The SMILES string of the molecule is CCc1cccc(CC)c1NC(=O)COc1ccc(Cl)cc1. The van der Waals surface area contributed by atoms with Crippen molar-refractivity contribution in [2.75, 3.05) is 11.9 Å². The maximum atomic E-state index is 12.1. The Labute approximate surface area is 136 Å². The molecule has 0 atom stereocenters. The number of carbonyl (C=O) groups is 1. The van der Waals surface area contributed by atoms with Crippen LogP contribution in [0.5, 0.6) is 5.75 Å². The fraction of sp³-hybridized carbons (Fsp3) is 0.278. The molecule has 0 bridgehead atoms. The second kappa shape index (κ2) is 7.85. The summed E-state index contributed by atoms with van der Waals surface area (Å²) in [5.41, 5.74) is 3.19. The molecule has 0 unspecified atom stereocenters. The van der Waals surface area contributed by atoms with Gasteiger partial charge in [0.2, 0.25) is 0 Å². The molecule has 3 nitrogen and oxygen atoms in total. The van der Waals surface area contributed by atoms with Crippen molar-refractivity contribution in [3.05, 3.63) is 58.6 Å². The number of carbonyl (C=O) groups excluding carboxylic acids is 1. The third-order valence-electron chi connectivity index (χ3n) is 3.45. The summed E-state index contributed by atoms with van der Waals surface area (Å²) in [6.45, 7) is 4.13. The summed E-state index contributed by atoms with van der Waals surface area (Å²) in [5, 5.41) is 3.61. The summed E-state index contributed by atoms with van der Waals surface area (Å²) < 4.78 is 5.47. The van der Waals surface area contributed by atoms with Gasteiger partial charge < -0.3 is 10.1 Å². The van der Waals surface area contributed by atoms with Gasteiger partial charge in [-0.25, -0.2) is 0 Å². The zero-order valence-corrected chi connectivity index (χ0v) is 13.6. The molecule has 0 saturated heterocycles. The lowest BCUT2D eigenvalue weighted by atomic mass is 10.0. The maximum absolute atomic E-state index is 12.1. The zero-order valence-electron chi connectivity index (χ0n) is 12.9. The third kappa shape index (κ3) is 4.25. The smallest absolute Gasteiger partial charge is 0.262 e. The molecular weight excluding hydrogens is 298 g/mol. The Morgan fingerprint density at radius 2 is 1.64 bits per heavy atom. The largest absolute Gasteiger partial charge is 0.484 e. The van der Waals surface area contributed by atoms with Crippen LogP contribution in [-0.2, 0) is 17.6 Å². The van der Waals surface area contributed by atoms with Crippen LogP contribution in [0.2, 0.25) is 5.02 Å². The van der Waals surface area contributed by atoms with Gasteiger partial charge in [-0.15, -0.1) is 0 Å². The van der Waals surface area contributed by atoms with Gasteiger partial charge in [-0.1, -0.05) is 43.6 Å². The number of rotatable bonds is 6. The van der Waals surface area contributed by atoms with Crippen molar-refractivity contribution in [2.24, 2.45) is 0 Å². The van der Waals surface area contributed by atoms with Gasteiger partial charge in [0.25, 0.3) is 5.91 Å². The van der Waals surface area contributed by atoms with E-state index >= 15 is 0 Å². The topological polar surface area (TPSA) is 38.3 Å². The molecule has 2 aromatic rings. The number of ether oxygens (including phenoxy) is 1. The van der Waals surface area contributed by atoms with Crippen LogP contribution >= 0.6 is 11.6 Å². The summed E-state index contributed by atoms with van der Waals surface area (Å²) in [6, 6.07) is 13.0. The molecule has 1 N–H and O–H groups in total. The zero-order chi connectivity index (χ0) is 15.9. The molecule has 0 fully saturated rings. The number of nitrogens with one attached hydrogen (secondary N) is 1. The molecule has 0 radical (unpaired) electrons. The minimum absolute atomic E-state index is 0.0250. The Morgan fingerprint density at radius 1 is 1.05 bits per heavy atom. The predicted octanol–water partition coefficient (Wildman–Crippen LogP) is 4.48. The van der Waals surface area contributed by atoms with Crippen LogP contribution in [0.15, 0.2) is 42.5 Å². The van der Waals surface area contributed by atoms with E-state index in [0.717, 1.165) is 29.7 Å². The van der Waals surface area contributed by atoms with Crippen LogP contribution in [0.1, 0.15) is 25.0 Å². The molecule has 4 heteroatoms. The van der Waals surface area contributed by atoms with Crippen LogP contribution in [0.4, 0.5) is 5.69 Å². The Bertz CT molecular complexity index is 616. The molecule has 116 valence electrons. The molecule has 1 amide bonds. The maximum Gasteiger partial charge on any atom is 0.262 e.